The predicted molar refractivity (Wildman–Crippen MR) is 125 cm³/mol. The average Bonchev–Trinajstić information content (AvgIpc) is 2.82. The van der Waals surface area contributed by atoms with E-state index in [-0.39, 0.29) is 30.3 Å². The highest BCUT2D eigenvalue weighted by molar-refractivity contribution is 5.92. The largest absolute Gasteiger partial charge is 0.465 e. The normalized spacial score (nSPS) is 23.7. The zero-order valence-electron chi connectivity index (χ0n) is 19.8. The van der Waals surface area contributed by atoms with E-state index in [1.54, 1.807) is 12.1 Å². The summed E-state index contributed by atoms with van der Waals surface area (Å²) in [4.78, 5) is 27.2. The Bertz CT molecular complexity index is 798. The SMILES string of the molecule is CCO[C@@H]1OC(C(=O)N2CCCCCCC2)=C[C@H](c2ccc(C(=O)OC)cc2)[C@@H]1CCCO. The van der Waals surface area contributed by atoms with Gasteiger partial charge in [0.25, 0.3) is 5.91 Å². The minimum atomic E-state index is -0.578. The first kappa shape index (κ1) is 25.2. The molecule has 1 aromatic rings. The number of aliphatic hydroxyl groups excluding tert-OH is 1. The number of carbonyl (C=O) groups excluding carboxylic acids is 2. The van der Waals surface area contributed by atoms with Gasteiger partial charge in [-0.05, 0) is 56.4 Å². The Hall–Kier alpha value is -2.38. The van der Waals surface area contributed by atoms with Crippen LogP contribution in [0.25, 0.3) is 0 Å². The number of esters is 1. The van der Waals surface area contributed by atoms with Crippen LogP contribution in [0, 0.1) is 5.92 Å². The lowest BCUT2D eigenvalue weighted by Crippen LogP contribution is -2.41. The van der Waals surface area contributed by atoms with Gasteiger partial charge in [0, 0.05) is 38.1 Å². The van der Waals surface area contributed by atoms with Crippen LogP contribution >= 0.6 is 0 Å². The summed E-state index contributed by atoms with van der Waals surface area (Å²) >= 11 is 0. The predicted octanol–water partition coefficient (Wildman–Crippen LogP) is 4.01. The van der Waals surface area contributed by atoms with Crippen molar-refractivity contribution in [1.29, 1.82) is 0 Å². The summed E-state index contributed by atoms with van der Waals surface area (Å²) in [6.45, 7) is 3.92. The maximum Gasteiger partial charge on any atom is 0.337 e. The number of hydrogen-bond donors (Lipinski definition) is 1. The number of rotatable bonds is 8. The minimum Gasteiger partial charge on any atom is -0.465 e. The Morgan fingerprint density at radius 1 is 1.09 bits per heavy atom. The summed E-state index contributed by atoms with van der Waals surface area (Å²) in [5.74, 6) is -0.344. The lowest BCUT2D eigenvalue weighted by Gasteiger charge is -2.38. The highest BCUT2D eigenvalue weighted by atomic mass is 16.7. The van der Waals surface area contributed by atoms with Gasteiger partial charge in [-0.1, -0.05) is 31.4 Å². The number of nitrogens with zero attached hydrogens (tertiary/aromatic N) is 1. The fourth-order valence-electron chi connectivity index (χ4n) is 4.70. The Labute approximate surface area is 196 Å². The van der Waals surface area contributed by atoms with Crippen LogP contribution in [-0.4, -0.2) is 61.6 Å². The van der Waals surface area contributed by atoms with Gasteiger partial charge in [-0.3, -0.25) is 4.79 Å². The van der Waals surface area contributed by atoms with Gasteiger partial charge in [0.2, 0.25) is 6.29 Å². The fraction of sp³-hybridized carbons (Fsp3) is 0.615. The van der Waals surface area contributed by atoms with E-state index in [2.05, 4.69) is 0 Å². The molecule has 2 aliphatic heterocycles. The molecule has 7 heteroatoms. The molecule has 0 aromatic heterocycles. The molecule has 2 aliphatic rings. The molecule has 33 heavy (non-hydrogen) atoms. The molecule has 1 saturated heterocycles. The van der Waals surface area contributed by atoms with Crippen LogP contribution in [0.1, 0.15) is 73.7 Å². The molecule has 0 saturated carbocycles. The Morgan fingerprint density at radius 2 is 1.76 bits per heavy atom. The lowest BCUT2D eigenvalue weighted by molar-refractivity contribution is -0.170. The second-order valence-corrected chi connectivity index (χ2v) is 8.70. The van der Waals surface area contributed by atoms with Crippen molar-refractivity contribution in [2.75, 3.05) is 33.4 Å². The summed E-state index contributed by atoms with van der Waals surface area (Å²) in [6, 6.07) is 7.27. The highest BCUT2D eigenvalue weighted by Gasteiger charge is 2.38. The number of allylic oxidation sites excluding steroid dienone is 1. The molecule has 0 bridgehead atoms. The molecular formula is C26H37NO6. The molecule has 0 unspecified atom stereocenters. The zero-order chi connectivity index (χ0) is 23.6. The van der Waals surface area contributed by atoms with Crippen LogP contribution in [0.3, 0.4) is 0 Å². The number of hydrogen-bond acceptors (Lipinski definition) is 6. The van der Waals surface area contributed by atoms with E-state index < -0.39 is 6.29 Å². The molecule has 1 aromatic carbocycles. The van der Waals surface area contributed by atoms with Crippen LogP contribution in [0.2, 0.25) is 0 Å². The summed E-state index contributed by atoms with van der Waals surface area (Å²) in [5.41, 5.74) is 1.44. The third kappa shape index (κ3) is 6.58. The summed E-state index contributed by atoms with van der Waals surface area (Å²) in [7, 11) is 1.36. The summed E-state index contributed by atoms with van der Waals surface area (Å²) in [5, 5.41) is 9.45. The van der Waals surface area contributed by atoms with Gasteiger partial charge in [0.1, 0.15) is 0 Å². The van der Waals surface area contributed by atoms with E-state index in [1.807, 2.05) is 30.0 Å². The van der Waals surface area contributed by atoms with E-state index >= 15 is 0 Å². The van der Waals surface area contributed by atoms with Crippen LogP contribution < -0.4 is 0 Å². The first-order valence-electron chi connectivity index (χ1n) is 12.2. The molecule has 1 amide bonds. The van der Waals surface area contributed by atoms with Crippen LogP contribution in [0.15, 0.2) is 36.1 Å². The first-order chi connectivity index (χ1) is 16.1. The second kappa shape index (κ2) is 12.8. The third-order valence-electron chi connectivity index (χ3n) is 6.48. The maximum atomic E-state index is 13.4. The van der Waals surface area contributed by atoms with Gasteiger partial charge >= 0.3 is 5.97 Å². The Morgan fingerprint density at radius 3 is 2.36 bits per heavy atom. The van der Waals surface area contributed by atoms with Gasteiger partial charge in [-0.2, -0.15) is 0 Å². The van der Waals surface area contributed by atoms with Gasteiger partial charge in [0.05, 0.1) is 12.7 Å². The topological polar surface area (TPSA) is 85.3 Å². The van der Waals surface area contributed by atoms with E-state index in [4.69, 9.17) is 14.2 Å². The highest BCUT2D eigenvalue weighted by Crippen LogP contribution is 2.40. The first-order valence-corrected chi connectivity index (χ1v) is 12.2. The third-order valence-corrected chi connectivity index (χ3v) is 6.48. The monoisotopic (exact) mass is 459 g/mol. The average molecular weight is 460 g/mol. The molecule has 1 N–H and O–H groups in total. The molecule has 0 spiro atoms. The van der Waals surface area contributed by atoms with Crippen molar-refractivity contribution in [2.24, 2.45) is 5.92 Å². The second-order valence-electron chi connectivity index (χ2n) is 8.70. The molecule has 3 rings (SSSR count). The van der Waals surface area contributed by atoms with Crippen molar-refractivity contribution in [3.8, 4) is 0 Å². The molecule has 2 heterocycles. The molecule has 3 atom stereocenters. The van der Waals surface area contributed by atoms with E-state index in [9.17, 15) is 14.7 Å². The van der Waals surface area contributed by atoms with E-state index in [0.717, 1.165) is 44.3 Å². The summed E-state index contributed by atoms with van der Waals surface area (Å²) < 4.78 is 16.9. The Balaban J connectivity index is 1.92. The number of aliphatic hydroxyl groups is 1. The number of carbonyl (C=O) groups is 2. The summed E-state index contributed by atoms with van der Waals surface area (Å²) in [6.07, 6.45) is 8.15. The van der Waals surface area contributed by atoms with Crippen molar-refractivity contribution >= 4 is 11.9 Å². The zero-order valence-corrected chi connectivity index (χ0v) is 19.8. The van der Waals surface area contributed by atoms with Gasteiger partial charge in [-0.15, -0.1) is 0 Å². The minimum absolute atomic E-state index is 0.0649. The standard InChI is InChI=1S/C26H37NO6/c1-3-32-26-21(10-9-17-28)22(19-11-13-20(14-12-19)25(30)31-2)18-23(33-26)24(29)27-15-7-5-4-6-8-16-27/h11-14,18,21-22,26,28H,3-10,15-17H2,1-2H3/t21-,22+,26+/m0/s1. The van der Waals surface area contributed by atoms with Gasteiger partial charge in [-0.25, -0.2) is 4.79 Å². The van der Waals surface area contributed by atoms with Gasteiger partial charge < -0.3 is 24.2 Å². The number of likely N-dealkylation sites (tertiary alicyclic amines) is 1. The number of benzene rings is 1. The lowest BCUT2D eigenvalue weighted by atomic mass is 9.80. The number of ether oxygens (including phenoxy) is 3. The van der Waals surface area contributed by atoms with E-state index in [1.165, 1.54) is 13.5 Å². The smallest absolute Gasteiger partial charge is 0.337 e. The van der Waals surface area contributed by atoms with Crippen molar-refractivity contribution in [3.63, 3.8) is 0 Å². The Kier molecular flexibility index (Phi) is 9.76. The van der Waals surface area contributed by atoms with Gasteiger partial charge in [0.15, 0.2) is 5.76 Å². The molecule has 0 radical (unpaired) electrons. The van der Waals surface area contributed by atoms with Crippen molar-refractivity contribution in [2.45, 2.75) is 64.1 Å². The molecule has 0 aliphatic carbocycles. The molecule has 182 valence electrons. The quantitative estimate of drug-likeness (QED) is 0.591. The maximum absolute atomic E-state index is 13.4. The molecule has 1 fully saturated rings. The fourth-order valence-corrected chi connectivity index (χ4v) is 4.70. The van der Waals surface area contributed by atoms with Crippen molar-refractivity contribution < 1.29 is 28.9 Å². The number of methoxy groups -OCH3 is 1. The van der Waals surface area contributed by atoms with Crippen molar-refractivity contribution in [1.82, 2.24) is 4.90 Å². The molecule has 7 nitrogen and oxygen atoms in total. The van der Waals surface area contributed by atoms with Crippen molar-refractivity contribution in [3.05, 3.63) is 47.2 Å². The molecular weight excluding hydrogens is 422 g/mol. The van der Waals surface area contributed by atoms with Crippen LogP contribution in [0.5, 0.6) is 0 Å². The van der Waals surface area contributed by atoms with Crippen LogP contribution in [-0.2, 0) is 19.0 Å². The number of amides is 1. The van der Waals surface area contributed by atoms with Crippen LogP contribution in [0.4, 0.5) is 0 Å². The van der Waals surface area contributed by atoms with E-state index in [0.29, 0.717) is 30.8 Å².